The van der Waals surface area contributed by atoms with E-state index >= 15 is 0 Å². The fourth-order valence-corrected chi connectivity index (χ4v) is 4.19. The van der Waals surface area contributed by atoms with Gasteiger partial charge in [-0.15, -0.1) is 0 Å². The molecule has 148 valence electrons. The van der Waals surface area contributed by atoms with E-state index in [9.17, 15) is 4.79 Å². The summed E-state index contributed by atoms with van der Waals surface area (Å²) in [4.78, 5) is 16.8. The predicted molar refractivity (Wildman–Crippen MR) is 109 cm³/mol. The minimum atomic E-state index is -0.149. The van der Waals surface area contributed by atoms with Crippen molar-refractivity contribution in [1.29, 1.82) is 0 Å². The van der Waals surface area contributed by atoms with Crippen molar-refractivity contribution in [2.24, 2.45) is 0 Å². The average molecular weight is 380 g/mol. The van der Waals surface area contributed by atoms with Crippen LogP contribution in [-0.4, -0.2) is 55.6 Å². The van der Waals surface area contributed by atoms with E-state index in [1.54, 1.807) is 4.90 Å². The molecule has 2 aromatic carbocycles. The summed E-state index contributed by atoms with van der Waals surface area (Å²) in [5, 5.41) is 0. The lowest BCUT2D eigenvalue weighted by atomic mass is 9.87. The van der Waals surface area contributed by atoms with E-state index in [1.165, 1.54) is 17.5 Å². The van der Waals surface area contributed by atoms with E-state index in [1.807, 2.05) is 31.3 Å². The van der Waals surface area contributed by atoms with Crippen LogP contribution in [0.1, 0.15) is 30.0 Å². The van der Waals surface area contributed by atoms with Gasteiger partial charge in [-0.2, -0.15) is 0 Å². The summed E-state index contributed by atoms with van der Waals surface area (Å²) in [5.74, 6) is 1.62. The third-order valence-corrected chi connectivity index (χ3v) is 5.73. The van der Waals surface area contributed by atoms with Crippen molar-refractivity contribution in [2.45, 2.75) is 31.4 Å². The molecule has 0 saturated carbocycles. The Morgan fingerprint density at radius 2 is 1.82 bits per heavy atom. The van der Waals surface area contributed by atoms with Crippen molar-refractivity contribution in [3.63, 3.8) is 0 Å². The number of fused-ring (bicyclic) bond motifs is 2. The first-order valence-corrected chi connectivity index (χ1v) is 10.0. The number of para-hydroxylation sites is 2. The minimum Gasteiger partial charge on any atom is -0.486 e. The van der Waals surface area contributed by atoms with E-state index in [0.717, 1.165) is 24.3 Å². The molecule has 0 aromatic heterocycles. The molecule has 28 heavy (non-hydrogen) atoms. The van der Waals surface area contributed by atoms with Crippen molar-refractivity contribution in [1.82, 2.24) is 9.80 Å². The quantitative estimate of drug-likeness (QED) is 0.798. The number of amides is 1. The third-order valence-electron chi connectivity index (χ3n) is 5.73. The molecule has 5 nitrogen and oxygen atoms in total. The second kappa shape index (κ2) is 8.23. The van der Waals surface area contributed by atoms with E-state index in [0.29, 0.717) is 25.7 Å². The molecule has 2 aliphatic rings. The lowest BCUT2D eigenvalue weighted by Crippen LogP contribution is -2.45. The van der Waals surface area contributed by atoms with Gasteiger partial charge in [0.05, 0.1) is 13.1 Å². The molecule has 0 saturated heterocycles. The molecule has 0 bridgehead atoms. The first-order chi connectivity index (χ1) is 13.6. The van der Waals surface area contributed by atoms with Gasteiger partial charge >= 0.3 is 0 Å². The zero-order valence-electron chi connectivity index (χ0n) is 16.6. The van der Waals surface area contributed by atoms with Crippen molar-refractivity contribution in [3.05, 3.63) is 59.7 Å². The molecule has 1 aliphatic heterocycles. The smallest absolute Gasteiger partial charge is 0.236 e. The molecule has 4 rings (SSSR count). The van der Waals surface area contributed by atoms with Crippen LogP contribution in [0.15, 0.2) is 48.5 Å². The Morgan fingerprint density at radius 3 is 2.68 bits per heavy atom. The molecular weight excluding hydrogens is 352 g/mol. The summed E-state index contributed by atoms with van der Waals surface area (Å²) in [6.07, 6.45) is 3.25. The van der Waals surface area contributed by atoms with Crippen molar-refractivity contribution < 1.29 is 14.3 Å². The fourth-order valence-electron chi connectivity index (χ4n) is 4.19. The number of ether oxygens (including phenoxy) is 2. The minimum absolute atomic E-state index is 0.105. The lowest BCUT2D eigenvalue weighted by Gasteiger charge is -2.34. The van der Waals surface area contributed by atoms with E-state index in [-0.39, 0.29) is 12.0 Å². The highest BCUT2D eigenvalue weighted by Crippen LogP contribution is 2.33. The molecule has 2 aromatic rings. The molecule has 1 amide bonds. The Morgan fingerprint density at radius 1 is 1.07 bits per heavy atom. The number of rotatable bonds is 5. The number of likely N-dealkylation sites (N-methyl/N-ethyl adjacent to an activating group) is 2. The topological polar surface area (TPSA) is 42.0 Å². The van der Waals surface area contributed by atoms with Gasteiger partial charge in [-0.3, -0.25) is 9.69 Å². The van der Waals surface area contributed by atoms with Gasteiger partial charge in [0, 0.05) is 13.1 Å². The number of carbonyl (C=O) groups excluding carboxylic acids is 1. The second-order valence-electron chi connectivity index (χ2n) is 7.79. The maximum absolute atomic E-state index is 12.8. The van der Waals surface area contributed by atoms with Crippen molar-refractivity contribution in [3.8, 4) is 11.5 Å². The monoisotopic (exact) mass is 380 g/mol. The summed E-state index contributed by atoms with van der Waals surface area (Å²) in [5.41, 5.74) is 2.78. The highest BCUT2D eigenvalue weighted by Gasteiger charge is 2.27. The summed E-state index contributed by atoms with van der Waals surface area (Å²) < 4.78 is 11.7. The molecule has 0 radical (unpaired) electrons. The molecule has 1 aliphatic carbocycles. The van der Waals surface area contributed by atoms with Crippen molar-refractivity contribution in [2.75, 3.05) is 33.8 Å². The fraction of sp³-hybridized carbons (Fsp3) is 0.435. The van der Waals surface area contributed by atoms with Crippen LogP contribution in [0.3, 0.4) is 0 Å². The van der Waals surface area contributed by atoms with Crippen LogP contribution in [-0.2, 0) is 11.2 Å². The van der Waals surface area contributed by atoms with E-state index < -0.39 is 0 Å². The third kappa shape index (κ3) is 3.99. The molecule has 0 fully saturated rings. The van der Waals surface area contributed by atoms with Gasteiger partial charge in [0.2, 0.25) is 5.91 Å². The van der Waals surface area contributed by atoms with Crippen molar-refractivity contribution >= 4 is 5.91 Å². The van der Waals surface area contributed by atoms with Gasteiger partial charge in [0.25, 0.3) is 0 Å². The van der Waals surface area contributed by atoms with Crippen LogP contribution in [0.2, 0.25) is 0 Å². The number of nitrogens with zero attached hydrogens (tertiary/aromatic N) is 2. The van der Waals surface area contributed by atoms with E-state index in [2.05, 4.69) is 36.2 Å². The van der Waals surface area contributed by atoms with Crippen LogP contribution in [0.25, 0.3) is 0 Å². The average Bonchev–Trinajstić information content (AvgIpc) is 2.73. The van der Waals surface area contributed by atoms with Crippen LogP contribution >= 0.6 is 0 Å². The largest absolute Gasteiger partial charge is 0.486 e. The molecule has 0 unspecified atom stereocenters. The first kappa shape index (κ1) is 18.8. The zero-order chi connectivity index (χ0) is 19.5. The predicted octanol–water partition coefficient (Wildman–Crippen LogP) is 3.29. The first-order valence-electron chi connectivity index (χ1n) is 10.0. The van der Waals surface area contributed by atoms with E-state index in [4.69, 9.17) is 9.47 Å². The summed E-state index contributed by atoms with van der Waals surface area (Å²) >= 11 is 0. The maximum atomic E-state index is 12.8. The van der Waals surface area contributed by atoms with Crippen LogP contribution in [0, 0.1) is 0 Å². The molecule has 2 atom stereocenters. The normalized spacial score (nSPS) is 20.5. The van der Waals surface area contributed by atoms with Gasteiger partial charge in [0.15, 0.2) is 17.6 Å². The number of hydrogen-bond donors (Lipinski definition) is 0. The van der Waals surface area contributed by atoms with Crippen LogP contribution < -0.4 is 9.47 Å². The SMILES string of the molecule is CN(C[C@@H]1COc2ccccc2O1)C(=O)CN(C)[C@H]1CCCc2ccccc21. The summed E-state index contributed by atoms with van der Waals surface area (Å²) in [7, 11) is 3.89. The highest BCUT2D eigenvalue weighted by atomic mass is 16.6. The Bertz CT molecular complexity index is 838. The summed E-state index contributed by atoms with van der Waals surface area (Å²) in [6, 6.07) is 16.6. The molecule has 1 heterocycles. The van der Waals surface area contributed by atoms with Crippen LogP contribution in [0.5, 0.6) is 11.5 Å². The summed E-state index contributed by atoms with van der Waals surface area (Å²) in [6.45, 7) is 1.38. The van der Waals surface area contributed by atoms with Gasteiger partial charge in [-0.25, -0.2) is 0 Å². The van der Waals surface area contributed by atoms with Gasteiger partial charge in [-0.05, 0) is 49.6 Å². The molecule has 0 N–H and O–H groups in total. The number of hydrogen-bond acceptors (Lipinski definition) is 4. The Hall–Kier alpha value is -2.53. The lowest BCUT2D eigenvalue weighted by molar-refractivity contribution is -0.132. The molecular formula is C23H28N2O3. The molecule has 0 spiro atoms. The number of benzene rings is 2. The van der Waals surface area contributed by atoms with Crippen LogP contribution in [0.4, 0.5) is 0 Å². The van der Waals surface area contributed by atoms with Gasteiger partial charge < -0.3 is 14.4 Å². The Balaban J connectivity index is 1.34. The molecule has 5 heteroatoms. The number of aryl methyl sites for hydroxylation is 1. The van der Waals surface area contributed by atoms with Gasteiger partial charge in [-0.1, -0.05) is 36.4 Å². The number of carbonyl (C=O) groups is 1. The maximum Gasteiger partial charge on any atom is 0.236 e. The zero-order valence-corrected chi connectivity index (χ0v) is 16.6. The standard InChI is InChI=1S/C23H28N2O3/c1-24(20-11-7-9-17-8-3-4-10-19(17)20)15-23(26)25(2)14-18-16-27-21-12-5-6-13-22(21)28-18/h3-6,8,10,12-13,18,20H,7,9,11,14-16H2,1-2H3/t18-,20+/m1/s1. The second-order valence-corrected chi connectivity index (χ2v) is 7.79. The Labute approximate surface area is 166 Å². The van der Waals surface area contributed by atoms with Gasteiger partial charge in [0.1, 0.15) is 6.61 Å². The Kier molecular flexibility index (Phi) is 5.53. The highest BCUT2D eigenvalue weighted by molar-refractivity contribution is 5.78.